The molecule has 0 fully saturated rings. The van der Waals surface area contributed by atoms with Crippen LogP contribution in [0.5, 0.6) is 0 Å². The van der Waals surface area contributed by atoms with Crippen molar-refractivity contribution in [2.24, 2.45) is 0 Å². The van der Waals surface area contributed by atoms with Crippen molar-refractivity contribution >= 4 is 21.4 Å². The minimum absolute atomic E-state index is 0.216. The van der Waals surface area contributed by atoms with Gasteiger partial charge in [0.1, 0.15) is 0 Å². The molecule has 0 radical (unpaired) electrons. The lowest BCUT2D eigenvalue weighted by Crippen LogP contribution is -2.26. The minimum Gasteiger partial charge on any atom is -0.317 e. The first kappa shape index (κ1) is 17.6. The molecule has 0 amide bonds. The first-order valence-electron chi connectivity index (χ1n) is 7.32. The predicted octanol–water partition coefficient (Wildman–Crippen LogP) is 2.51. The third kappa shape index (κ3) is 6.83. The number of aryl methyl sites for hydroxylation is 1. The van der Waals surface area contributed by atoms with Crippen molar-refractivity contribution in [2.45, 2.75) is 46.1 Å². The molecule has 0 bridgehead atoms. The van der Waals surface area contributed by atoms with Gasteiger partial charge in [0, 0.05) is 11.4 Å². The van der Waals surface area contributed by atoms with Gasteiger partial charge in [0.2, 0.25) is 10.0 Å². The van der Waals surface area contributed by atoms with Crippen LogP contribution in [0.4, 0.5) is 0 Å². The Morgan fingerprint density at radius 2 is 2.00 bits per heavy atom. The van der Waals surface area contributed by atoms with Crippen molar-refractivity contribution in [1.82, 2.24) is 10.0 Å². The van der Waals surface area contributed by atoms with Gasteiger partial charge in [-0.15, -0.1) is 11.3 Å². The molecule has 0 spiro atoms. The van der Waals surface area contributed by atoms with Crippen LogP contribution in [0.25, 0.3) is 0 Å². The van der Waals surface area contributed by atoms with E-state index >= 15 is 0 Å². The summed E-state index contributed by atoms with van der Waals surface area (Å²) in [6.07, 6.45) is 3.67. The Hall–Kier alpha value is -0.430. The molecule has 0 aromatic carbocycles. The molecule has 1 aromatic rings. The number of unbranched alkanes of at least 4 members (excludes halogenated alkanes) is 1. The number of hydrogen-bond donors (Lipinski definition) is 2. The van der Waals surface area contributed by atoms with Crippen molar-refractivity contribution in [3.8, 4) is 0 Å². The summed E-state index contributed by atoms with van der Waals surface area (Å²) >= 11 is 1.62. The minimum atomic E-state index is -3.15. The fourth-order valence-corrected chi connectivity index (χ4v) is 4.03. The van der Waals surface area contributed by atoms with Crippen LogP contribution in [0, 0.1) is 0 Å². The number of thiophene rings is 1. The molecule has 4 nitrogen and oxygen atoms in total. The number of nitrogens with one attached hydrogen (secondary N) is 2. The van der Waals surface area contributed by atoms with Crippen LogP contribution in [0.3, 0.4) is 0 Å². The SMILES string of the molecule is CCCNCCCCS(=O)(=O)NCc1sccc1CC. The summed E-state index contributed by atoms with van der Waals surface area (Å²) in [6.45, 7) is 6.54. The van der Waals surface area contributed by atoms with E-state index in [0.29, 0.717) is 13.0 Å². The molecule has 0 aliphatic carbocycles. The Morgan fingerprint density at radius 1 is 1.20 bits per heavy atom. The Labute approximate surface area is 127 Å². The Morgan fingerprint density at radius 3 is 2.70 bits per heavy atom. The van der Waals surface area contributed by atoms with Crippen LogP contribution in [0.2, 0.25) is 0 Å². The van der Waals surface area contributed by atoms with Crippen molar-refractivity contribution in [1.29, 1.82) is 0 Å². The smallest absolute Gasteiger partial charge is 0.211 e. The summed E-state index contributed by atoms with van der Waals surface area (Å²) < 4.78 is 26.5. The van der Waals surface area contributed by atoms with E-state index < -0.39 is 10.0 Å². The zero-order valence-electron chi connectivity index (χ0n) is 12.4. The first-order chi connectivity index (χ1) is 9.59. The summed E-state index contributed by atoms with van der Waals surface area (Å²) in [7, 11) is -3.15. The van der Waals surface area contributed by atoms with Crippen molar-refractivity contribution in [3.05, 3.63) is 21.9 Å². The summed E-state index contributed by atoms with van der Waals surface area (Å²) in [5.41, 5.74) is 1.24. The Balaban J connectivity index is 2.24. The van der Waals surface area contributed by atoms with Crippen LogP contribution in [0.1, 0.15) is 43.6 Å². The van der Waals surface area contributed by atoms with Crippen molar-refractivity contribution in [3.63, 3.8) is 0 Å². The molecule has 20 heavy (non-hydrogen) atoms. The van der Waals surface area contributed by atoms with E-state index in [2.05, 4.69) is 30.0 Å². The van der Waals surface area contributed by atoms with Crippen LogP contribution in [-0.4, -0.2) is 27.3 Å². The van der Waals surface area contributed by atoms with Gasteiger partial charge in [0.25, 0.3) is 0 Å². The van der Waals surface area contributed by atoms with Gasteiger partial charge < -0.3 is 5.32 Å². The fraction of sp³-hybridized carbons (Fsp3) is 0.714. The largest absolute Gasteiger partial charge is 0.317 e. The van der Waals surface area contributed by atoms with E-state index in [4.69, 9.17) is 0 Å². The zero-order valence-corrected chi connectivity index (χ0v) is 14.1. The Kier molecular flexibility index (Phi) is 8.37. The standard InChI is InChI=1S/C14H26N2O2S2/c1-3-8-15-9-5-6-11-20(17,18)16-12-14-13(4-2)7-10-19-14/h7,10,15-16H,3-6,8-9,11-12H2,1-2H3. The molecule has 116 valence electrons. The van der Waals surface area contributed by atoms with E-state index in [1.54, 1.807) is 11.3 Å². The lowest BCUT2D eigenvalue weighted by atomic mass is 10.2. The predicted molar refractivity (Wildman–Crippen MR) is 86.7 cm³/mol. The van der Waals surface area contributed by atoms with Gasteiger partial charge in [-0.2, -0.15) is 0 Å². The van der Waals surface area contributed by atoms with Gasteiger partial charge in [-0.05, 0) is 55.8 Å². The average molecular weight is 319 g/mol. The fourth-order valence-electron chi connectivity index (χ4n) is 1.93. The molecule has 1 rings (SSSR count). The van der Waals surface area contributed by atoms with Gasteiger partial charge in [-0.25, -0.2) is 13.1 Å². The monoisotopic (exact) mass is 318 g/mol. The van der Waals surface area contributed by atoms with Crippen LogP contribution >= 0.6 is 11.3 Å². The average Bonchev–Trinajstić information content (AvgIpc) is 2.88. The number of sulfonamides is 1. The third-order valence-electron chi connectivity index (χ3n) is 3.11. The molecule has 0 atom stereocenters. The maximum Gasteiger partial charge on any atom is 0.211 e. The van der Waals surface area contributed by atoms with Crippen molar-refractivity contribution < 1.29 is 8.42 Å². The van der Waals surface area contributed by atoms with Crippen LogP contribution in [-0.2, 0) is 23.0 Å². The van der Waals surface area contributed by atoms with Crippen molar-refractivity contribution in [2.75, 3.05) is 18.8 Å². The summed E-state index contributed by atoms with van der Waals surface area (Å²) in [6, 6.07) is 2.06. The highest BCUT2D eigenvalue weighted by Crippen LogP contribution is 2.17. The molecule has 0 unspecified atom stereocenters. The van der Waals surface area contributed by atoms with Gasteiger partial charge in [-0.3, -0.25) is 0 Å². The summed E-state index contributed by atoms with van der Waals surface area (Å²) in [4.78, 5) is 1.13. The van der Waals surface area contributed by atoms with E-state index in [-0.39, 0.29) is 5.75 Å². The van der Waals surface area contributed by atoms with E-state index in [1.165, 1.54) is 5.56 Å². The molecule has 0 aliphatic rings. The second-order valence-corrected chi connectivity index (χ2v) is 7.75. The van der Waals surface area contributed by atoms with E-state index in [0.717, 1.165) is 37.2 Å². The molecule has 0 saturated carbocycles. The highest BCUT2D eigenvalue weighted by atomic mass is 32.2. The quantitative estimate of drug-likeness (QED) is 0.616. The summed E-state index contributed by atoms with van der Waals surface area (Å²) in [5.74, 6) is 0.216. The van der Waals surface area contributed by atoms with Gasteiger partial charge in [0.05, 0.1) is 5.75 Å². The number of rotatable bonds is 11. The topological polar surface area (TPSA) is 58.2 Å². The molecule has 6 heteroatoms. The van der Waals surface area contributed by atoms with Gasteiger partial charge >= 0.3 is 0 Å². The summed E-state index contributed by atoms with van der Waals surface area (Å²) in [5, 5.41) is 5.29. The lowest BCUT2D eigenvalue weighted by Gasteiger charge is -2.07. The molecule has 2 N–H and O–H groups in total. The Bertz CT molecular complexity index is 469. The maximum absolute atomic E-state index is 11.9. The second-order valence-electron chi connectivity index (χ2n) is 4.82. The van der Waals surface area contributed by atoms with Gasteiger partial charge in [-0.1, -0.05) is 13.8 Å². The molecule has 0 saturated heterocycles. The van der Waals surface area contributed by atoms with E-state index in [9.17, 15) is 8.42 Å². The molecule has 1 heterocycles. The third-order valence-corrected chi connectivity index (χ3v) is 5.49. The van der Waals surface area contributed by atoms with E-state index in [1.807, 2.05) is 5.38 Å². The van der Waals surface area contributed by atoms with Crippen LogP contribution in [0.15, 0.2) is 11.4 Å². The molecule has 0 aliphatic heterocycles. The highest BCUT2D eigenvalue weighted by molar-refractivity contribution is 7.89. The normalized spacial score (nSPS) is 11.9. The van der Waals surface area contributed by atoms with Crippen LogP contribution < -0.4 is 10.0 Å². The second kappa shape index (κ2) is 9.50. The molecular formula is C14H26N2O2S2. The zero-order chi connectivity index (χ0) is 14.8. The lowest BCUT2D eigenvalue weighted by molar-refractivity contribution is 0.573. The number of hydrogen-bond acceptors (Lipinski definition) is 4. The molecule has 1 aromatic heterocycles. The first-order valence-corrected chi connectivity index (χ1v) is 9.85. The maximum atomic E-state index is 11.9. The van der Waals surface area contributed by atoms with Gasteiger partial charge in [0.15, 0.2) is 0 Å². The highest BCUT2D eigenvalue weighted by Gasteiger charge is 2.11. The molecular weight excluding hydrogens is 292 g/mol.